The summed E-state index contributed by atoms with van der Waals surface area (Å²) in [5.74, 6) is 0. The Kier molecular flexibility index (Phi) is 7.60. The quantitative estimate of drug-likeness (QED) is 0.181. The molecule has 0 unspecified atom stereocenters. The van der Waals surface area contributed by atoms with Crippen LogP contribution in [-0.4, -0.2) is 0 Å². The molecule has 4 heteroatoms. The third-order valence-corrected chi connectivity index (χ3v) is 10.4. The van der Waals surface area contributed by atoms with E-state index in [9.17, 15) is 5.26 Å². The van der Waals surface area contributed by atoms with E-state index in [1.54, 1.807) is 0 Å². The third-order valence-electron chi connectivity index (χ3n) is 10.4. The van der Waals surface area contributed by atoms with Crippen molar-refractivity contribution < 1.29 is 0 Å². The molecule has 51 heavy (non-hydrogen) atoms. The second-order valence-electron chi connectivity index (χ2n) is 13.3. The highest BCUT2D eigenvalue weighted by Gasteiger charge is 2.32. The van der Waals surface area contributed by atoms with Gasteiger partial charge in [-0.25, -0.2) is 0 Å². The van der Waals surface area contributed by atoms with Crippen LogP contribution in [0, 0.1) is 11.3 Å². The largest absolute Gasteiger partial charge is 0.397 e. The summed E-state index contributed by atoms with van der Waals surface area (Å²) in [6.45, 7) is 0. The van der Waals surface area contributed by atoms with Crippen LogP contribution in [0.15, 0.2) is 158 Å². The Morgan fingerprint density at radius 2 is 0.804 bits per heavy atom. The Balaban J connectivity index is 1.20. The van der Waals surface area contributed by atoms with Crippen LogP contribution in [0.25, 0.3) is 22.3 Å². The molecular formula is C47H36N4. The monoisotopic (exact) mass is 656 g/mol. The van der Waals surface area contributed by atoms with Crippen molar-refractivity contribution in [3.05, 3.63) is 186 Å². The van der Waals surface area contributed by atoms with Crippen molar-refractivity contribution in [3.8, 4) is 28.3 Å². The van der Waals surface area contributed by atoms with Crippen molar-refractivity contribution in [3.63, 3.8) is 0 Å². The minimum atomic E-state index is 0.646. The van der Waals surface area contributed by atoms with Crippen molar-refractivity contribution in [2.75, 3.05) is 15.5 Å². The first-order valence-corrected chi connectivity index (χ1v) is 17.6. The normalized spacial score (nSPS) is 12.5. The lowest BCUT2D eigenvalue weighted by Crippen LogP contribution is -2.17. The van der Waals surface area contributed by atoms with E-state index in [2.05, 4.69) is 174 Å². The van der Waals surface area contributed by atoms with E-state index in [0.29, 0.717) is 11.3 Å². The summed E-state index contributed by atoms with van der Waals surface area (Å²) in [6, 6.07) is 58.4. The van der Waals surface area contributed by atoms with Crippen molar-refractivity contribution in [2.45, 2.75) is 25.7 Å². The average Bonchev–Trinajstić information content (AvgIpc) is 3.19. The van der Waals surface area contributed by atoms with Crippen molar-refractivity contribution in [2.24, 2.45) is 0 Å². The molecule has 2 N–H and O–H groups in total. The van der Waals surface area contributed by atoms with Crippen LogP contribution in [0.5, 0.6) is 0 Å². The maximum atomic E-state index is 10.5. The van der Waals surface area contributed by atoms with Crippen LogP contribution < -0.4 is 15.5 Å². The zero-order valence-electron chi connectivity index (χ0n) is 28.3. The molecule has 4 nitrogen and oxygen atoms in total. The molecule has 7 aromatic carbocycles. The Hall–Kier alpha value is -6.57. The van der Waals surface area contributed by atoms with Crippen LogP contribution in [0.1, 0.15) is 27.8 Å². The maximum absolute atomic E-state index is 10.5. The molecule has 0 saturated carbocycles. The highest BCUT2D eigenvalue weighted by molar-refractivity contribution is 5.98. The predicted molar refractivity (Wildman–Crippen MR) is 211 cm³/mol. The summed E-state index contributed by atoms with van der Waals surface area (Å²) in [5, 5.41) is 10.5. The number of fused-ring (bicyclic) bond motifs is 7. The van der Waals surface area contributed by atoms with E-state index in [-0.39, 0.29) is 0 Å². The molecule has 0 bridgehead atoms. The van der Waals surface area contributed by atoms with Gasteiger partial charge in [0.05, 0.1) is 11.3 Å². The van der Waals surface area contributed by atoms with Gasteiger partial charge in [-0.3, -0.25) is 0 Å². The first kappa shape index (κ1) is 30.5. The van der Waals surface area contributed by atoms with Gasteiger partial charge in [0.15, 0.2) is 0 Å². The topological polar surface area (TPSA) is 56.3 Å². The van der Waals surface area contributed by atoms with Crippen LogP contribution >= 0.6 is 0 Å². The number of hydrogen-bond donors (Lipinski definition) is 1. The van der Waals surface area contributed by atoms with Crippen molar-refractivity contribution in [1.29, 1.82) is 5.26 Å². The second kappa shape index (κ2) is 12.7. The predicted octanol–water partition coefficient (Wildman–Crippen LogP) is 11.6. The van der Waals surface area contributed by atoms with Crippen LogP contribution in [-0.2, 0) is 25.7 Å². The van der Waals surface area contributed by atoms with E-state index in [1.165, 1.54) is 33.4 Å². The van der Waals surface area contributed by atoms with Gasteiger partial charge in [-0.15, -0.1) is 0 Å². The van der Waals surface area contributed by atoms with Crippen LogP contribution in [0.3, 0.4) is 0 Å². The maximum Gasteiger partial charge on any atom is 0.102 e. The first-order chi connectivity index (χ1) is 25.2. The number of nitrogens with zero attached hydrogens (tertiary/aromatic N) is 3. The molecule has 0 aliphatic heterocycles. The molecule has 244 valence electrons. The Morgan fingerprint density at radius 1 is 0.431 bits per heavy atom. The molecule has 0 spiro atoms. The standard InChI is InChI=1S/C47H36N4/c48-31-44-42-25-21-32-29-38(50(34-13-5-1-6-14-34)35-15-7-2-8-16-35)23-27-40(32)45(42)46-41-28-24-39(30-33(41)22-26-43(46)47(44)49)51(36-17-9-3-10-18-36)37-19-11-4-12-20-37/h1-20,23-24,27-30H,21-22,25-26,49H2. The molecule has 0 heterocycles. The summed E-state index contributed by atoms with van der Waals surface area (Å²) in [7, 11) is 0. The minimum absolute atomic E-state index is 0.646. The molecule has 0 aromatic heterocycles. The Bertz CT molecular complexity index is 2350. The number of para-hydroxylation sites is 4. The number of nitriles is 1. The summed E-state index contributed by atoms with van der Waals surface area (Å²) < 4.78 is 0. The van der Waals surface area contributed by atoms with Gasteiger partial charge in [-0.1, -0.05) is 84.9 Å². The Morgan fingerprint density at radius 3 is 1.20 bits per heavy atom. The minimum Gasteiger partial charge on any atom is -0.397 e. The lowest BCUT2D eigenvalue weighted by atomic mass is 9.73. The third kappa shape index (κ3) is 5.23. The van der Waals surface area contributed by atoms with Crippen LogP contribution in [0.4, 0.5) is 39.8 Å². The SMILES string of the molecule is N#Cc1c(N)c2c(c3c1CCc1cc(N(c4ccccc4)c4ccccc4)ccc1-3)-c1ccc(N(c3ccccc3)c3ccccc3)cc1CC2. The fourth-order valence-corrected chi connectivity index (χ4v) is 8.17. The van der Waals surface area contributed by atoms with E-state index < -0.39 is 0 Å². The molecule has 2 aliphatic carbocycles. The molecule has 0 radical (unpaired) electrons. The fraction of sp³-hybridized carbons (Fsp3) is 0.0851. The lowest BCUT2D eigenvalue weighted by Gasteiger charge is -2.33. The summed E-state index contributed by atoms with van der Waals surface area (Å²) in [4.78, 5) is 4.64. The van der Waals surface area contributed by atoms with Gasteiger partial charge in [0.1, 0.15) is 6.07 Å². The van der Waals surface area contributed by atoms with E-state index in [0.717, 1.165) is 70.9 Å². The molecule has 7 aromatic rings. The fourth-order valence-electron chi connectivity index (χ4n) is 8.17. The average molecular weight is 657 g/mol. The number of rotatable bonds is 6. The van der Waals surface area contributed by atoms with Gasteiger partial charge in [0.25, 0.3) is 0 Å². The van der Waals surface area contributed by atoms with E-state index in [1.807, 2.05) is 0 Å². The van der Waals surface area contributed by atoms with E-state index >= 15 is 0 Å². The molecule has 0 amide bonds. The van der Waals surface area contributed by atoms with Crippen LogP contribution in [0.2, 0.25) is 0 Å². The molecule has 9 rings (SSSR count). The number of aryl methyl sites for hydroxylation is 2. The smallest absolute Gasteiger partial charge is 0.102 e. The summed E-state index contributed by atoms with van der Waals surface area (Å²) >= 11 is 0. The van der Waals surface area contributed by atoms with Gasteiger partial charge in [-0.2, -0.15) is 5.26 Å². The highest BCUT2D eigenvalue weighted by atomic mass is 15.1. The van der Waals surface area contributed by atoms with E-state index in [4.69, 9.17) is 5.73 Å². The van der Waals surface area contributed by atoms with Gasteiger partial charge in [0.2, 0.25) is 0 Å². The molecule has 0 fully saturated rings. The zero-order valence-corrected chi connectivity index (χ0v) is 28.3. The van der Waals surface area contributed by atoms with Gasteiger partial charge < -0.3 is 15.5 Å². The Labute approximate surface area is 299 Å². The number of nitrogen functional groups attached to an aromatic ring is 1. The number of hydrogen-bond acceptors (Lipinski definition) is 4. The van der Waals surface area contributed by atoms with Crippen molar-refractivity contribution >= 4 is 39.8 Å². The molecule has 2 aliphatic rings. The highest BCUT2D eigenvalue weighted by Crippen LogP contribution is 2.51. The first-order valence-electron chi connectivity index (χ1n) is 17.6. The number of benzene rings is 7. The van der Waals surface area contributed by atoms with Crippen molar-refractivity contribution in [1.82, 2.24) is 0 Å². The molecule has 0 atom stereocenters. The second-order valence-corrected chi connectivity index (χ2v) is 13.3. The van der Waals surface area contributed by atoms with Gasteiger partial charge in [0, 0.05) is 34.1 Å². The molecular weight excluding hydrogens is 621 g/mol. The zero-order chi connectivity index (χ0) is 34.3. The number of anilines is 7. The van der Waals surface area contributed by atoms with Gasteiger partial charge >= 0.3 is 0 Å². The number of nitrogens with two attached hydrogens (primary N) is 1. The summed E-state index contributed by atoms with van der Waals surface area (Å²) in [6.07, 6.45) is 3.26. The van der Waals surface area contributed by atoms with Gasteiger partial charge in [-0.05, 0) is 143 Å². The molecule has 0 saturated heterocycles. The lowest BCUT2D eigenvalue weighted by molar-refractivity contribution is 0.914. The summed E-state index contributed by atoms with van der Waals surface area (Å²) in [5.41, 5.74) is 24.4.